The monoisotopic (exact) mass is 365 g/mol. The van der Waals surface area contributed by atoms with Crippen LogP contribution in [0.25, 0.3) is 22.6 Å². The number of hydrogen-bond acceptors (Lipinski definition) is 7. The Bertz CT molecular complexity index is 926. The van der Waals surface area contributed by atoms with Crippen LogP contribution in [0.15, 0.2) is 41.1 Å². The van der Waals surface area contributed by atoms with Gasteiger partial charge in [-0.15, -0.1) is 0 Å². The molecule has 2 aromatic heterocycles. The van der Waals surface area contributed by atoms with Crippen molar-refractivity contribution in [2.24, 2.45) is 5.92 Å². The summed E-state index contributed by atoms with van der Waals surface area (Å²) in [7, 11) is 0. The highest BCUT2D eigenvalue weighted by Gasteiger charge is 2.25. The lowest BCUT2D eigenvalue weighted by atomic mass is 9.97. The number of benzene rings is 1. The molecule has 3 aromatic rings. The Kier molecular flexibility index (Phi) is 4.96. The average molecular weight is 365 g/mol. The van der Waals surface area contributed by atoms with Gasteiger partial charge < -0.3 is 9.63 Å². The van der Waals surface area contributed by atoms with Crippen molar-refractivity contribution in [2.45, 2.75) is 32.9 Å². The van der Waals surface area contributed by atoms with Crippen molar-refractivity contribution in [3.63, 3.8) is 0 Å². The van der Waals surface area contributed by atoms with E-state index in [1.807, 2.05) is 37.3 Å². The predicted molar refractivity (Wildman–Crippen MR) is 101 cm³/mol. The number of aliphatic hydroxyl groups is 1. The summed E-state index contributed by atoms with van der Waals surface area (Å²) in [5, 5.41) is 14.0. The zero-order chi connectivity index (χ0) is 18.8. The fourth-order valence-electron chi connectivity index (χ4n) is 3.43. The number of hydrogen-bond donors (Lipinski definition) is 1. The minimum absolute atomic E-state index is 0.215. The molecule has 0 bridgehead atoms. The van der Waals surface area contributed by atoms with E-state index >= 15 is 0 Å². The second-order valence-corrected chi connectivity index (χ2v) is 7.15. The summed E-state index contributed by atoms with van der Waals surface area (Å²) in [4.78, 5) is 15.4. The summed E-state index contributed by atoms with van der Waals surface area (Å²) in [6.07, 6.45) is 2.32. The van der Waals surface area contributed by atoms with Gasteiger partial charge in [0, 0.05) is 30.4 Å². The maximum atomic E-state index is 9.86. The molecule has 0 spiro atoms. The average Bonchev–Trinajstić information content (AvgIpc) is 3.13. The van der Waals surface area contributed by atoms with E-state index < -0.39 is 0 Å². The topological polar surface area (TPSA) is 88.2 Å². The van der Waals surface area contributed by atoms with Gasteiger partial charge in [-0.2, -0.15) is 4.98 Å². The SMILES string of the molecule is Cc1nccc(-c2cccc(-c3noc(CN4CC[C@H](O)[C@H](C)C4)n3)c2)n1. The Morgan fingerprint density at radius 1 is 1.22 bits per heavy atom. The highest BCUT2D eigenvalue weighted by Crippen LogP contribution is 2.24. The number of rotatable bonds is 4. The molecule has 1 N–H and O–H groups in total. The number of aliphatic hydroxyl groups excluding tert-OH is 1. The molecule has 0 unspecified atom stereocenters. The quantitative estimate of drug-likeness (QED) is 0.760. The molecular formula is C20H23N5O2. The van der Waals surface area contributed by atoms with E-state index in [1.165, 1.54) is 0 Å². The summed E-state index contributed by atoms with van der Waals surface area (Å²) in [6.45, 7) is 6.22. The lowest BCUT2D eigenvalue weighted by Crippen LogP contribution is -2.41. The maximum Gasteiger partial charge on any atom is 0.241 e. The van der Waals surface area contributed by atoms with Crippen LogP contribution in [0.4, 0.5) is 0 Å². The molecule has 1 aromatic carbocycles. The van der Waals surface area contributed by atoms with Crippen LogP contribution in [0.1, 0.15) is 25.1 Å². The molecule has 0 saturated carbocycles. The van der Waals surface area contributed by atoms with Gasteiger partial charge in [0.15, 0.2) is 0 Å². The van der Waals surface area contributed by atoms with Gasteiger partial charge in [-0.25, -0.2) is 9.97 Å². The second kappa shape index (κ2) is 7.54. The summed E-state index contributed by atoms with van der Waals surface area (Å²) >= 11 is 0. The van der Waals surface area contributed by atoms with Crippen LogP contribution >= 0.6 is 0 Å². The maximum absolute atomic E-state index is 9.86. The number of piperidine rings is 1. The Morgan fingerprint density at radius 2 is 2.07 bits per heavy atom. The number of aromatic nitrogens is 4. The molecule has 0 amide bonds. The molecule has 7 heteroatoms. The fraction of sp³-hybridized carbons (Fsp3) is 0.400. The third-order valence-corrected chi connectivity index (χ3v) is 4.96. The Labute approximate surface area is 158 Å². The second-order valence-electron chi connectivity index (χ2n) is 7.15. The standard InChI is InChI=1S/C20H23N5O2/c1-13-11-25(9-7-18(13)26)12-19-23-20(24-27-19)16-5-3-4-15(10-16)17-6-8-21-14(2)22-17/h3-6,8,10,13,18,26H,7,9,11-12H2,1-2H3/t13-,18+/m1/s1. The van der Waals surface area contributed by atoms with Gasteiger partial charge in [0.25, 0.3) is 0 Å². The van der Waals surface area contributed by atoms with Gasteiger partial charge in [0.2, 0.25) is 11.7 Å². The van der Waals surface area contributed by atoms with Crippen molar-refractivity contribution in [1.82, 2.24) is 25.0 Å². The summed E-state index contributed by atoms with van der Waals surface area (Å²) in [6, 6.07) is 9.83. The van der Waals surface area contributed by atoms with Crippen LogP contribution in [0.5, 0.6) is 0 Å². The highest BCUT2D eigenvalue weighted by atomic mass is 16.5. The summed E-state index contributed by atoms with van der Waals surface area (Å²) < 4.78 is 5.46. The number of aryl methyl sites for hydroxylation is 1. The van der Waals surface area contributed by atoms with Crippen LogP contribution in [-0.4, -0.2) is 49.3 Å². The first-order valence-corrected chi connectivity index (χ1v) is 9.22. The third kappa shape index (κ3) is 4.04. The molecule has 0 radical (unpaired) electrons. The molecule has 7 nitrogen and oxygen atoms in total. The van der Waals surface area contributed by atoms with Crippen LogP contribution in [0.3, 0.4) is 0 Å². The minimum atomic E-state index is -0.215. The molecule has 27 heavy (non-hydrogen) atoms. The first kappa shape index (κ1) is 17.8. The molecular weight excluding hydrogens is 342 g/mol. The van der Waals surface area contributed by atoms with Crippen LogP contribution < -0.4 is 0 Å². The zero-order valence-electron chi connectivity index (χ0n) is 15.5. The smallest absolute Gasteiger partial charge is 0.241 e. The number of likely N-dealkylation sites (tertiary alicyclic amines) is 1. The zero-order valence-corrected chi connectivity index (χ0v) is 15.5. The van der Waals surface area contributed by atoms with Gasteiger partial charge in [-0.3, -0.25) is 4.90 Å². The van der Waals surface area contributed by atoms with Crippen molar-refractivity contribution < 1.29 is 9.63 Å². The van der Waals surface area contributed by atoms with Crippen molar-refractivity contribution in [3.8, 4) is 22.6 Å². The van der Waals surface area contributed by atoms with E-state index in [9.17, 15) is 5.11 Å². The summed E-state index contributed by atoms with van der Waals surface area (Å²) in [5.74, 6) is 2.16. The molecule has 1 fully saturated rings. The first-order chi connectivity index (χ1) is 13.1. The normalized spacial score (nSPS) is 20.7. The Morgan fingerprint density at radius 3 is 2.89 bits per heavy atom. The summed E-state index contributed by atoms with van der Waals surface area (Å²) in [5.41, 5.74) is 2.75. The van der Waals surface area contributed by atoms with Crippen molar-refractivity contribution in [3.05, 3.63) is 48.2 Å². The molecule has 1 aliphatic rings. The molecule has 3 heterocycles. The van der Waals surface area contributed by atoms with Crippen LogP contribution in [-0.2, 0) is 6.54 Å². The molecule has 140 valence electrons. The van der Waals surface area contributed by atoms with E-state index in [0.717, 1.165) is 42.2 Å². The van der Waals surface area contributed by atoms with Gasteiger partial charge in [0.05, 0.1) is 18.3 Å². The van der Waals surface area contributed by atoms with E-state index in [4.69, 9.17) is 4.52 Å². The number of nitrogens with zero attached hydrogens (tertiary/aromatic N) is 5. The minimum Gasteiger partial charge on any atom is -0.393 e. The van der Waals surface area contributed by atoms with Gasteiger partial charge >= 0.3 is 0 Å². The lowest BCUT2D eigenvalue weighted by Gasteiger charge is -2.33. The van der Waals surface area contributed by atoms with Crippen LogP contribution in [0, 0.1) is 12.8 Å². The van der Waals surface area contributed by atoms with E-state index in [1.54, 1.807) is 6.20 Å². The van der Waals surface area contributed by atoms with E-state index in [0.29, 0.717) is 18.3 Å². The van der Waals surface area contributed by atoms with Crippen molar-refractivity contribution in [1.29, 1.82) is 0 Å². The molecule has 1 saturated heterocycles. The Hall–Kier alpha value is -2.64. The van der Waals surface area contributed by atoms with Crippen LogP contribution in [0.2, 0.25) is 0 Å². The first-order valence-electron chi connectivity index (χ1n) is 9.22. The van der Waals surface area contributed by atoms with Gasteiger partial charge in [-0.05, 0) is 31.4 Å². The predicted octanol–water partition coefficient (Wildman–Crippen LogP) is 2.70. The van der Waals surface area contributed by atoms with Crippen molar-refractivity contribution in [2.75, 3.05) is 13.1 Å². The molecule has 2 atom stereocenters. The van der Waals surface area contributed by atoms with E-state index in [2.05, 4.69) is 31.9 Å². The Balaban J connectivity index is 1.51. The lowest BCUT2D eigenvalue weighted by molar-refractivity contribution is 0.0282. The van der Waals surface area contributed by atoms with Gasteiger partial charge in [-0.1, -0.05) is 30.3 Å². The molecule has 1 aliphatic heterocycles. The largest absolute Gasteiger partial charge is 0.393 e. The van der Waals surface area contributed by atoms with E-state index in [-0.39, 0.29) is 12.0 Å². The fourth-order valence-corrected chi connectivity index (χ4v) is 3.43. The molecule has 4 rings (SSSR count). The third-order valence-electron chi connectivity index (χ3n) is 4.96. The highest BCUT2D eigenvalue weighted by molar-refractivity contribution is 5.67. The van der Waals surface area contributed by atoms with Gasteiger partial charge in [0.1, 0.15) is 5.82 Å². The molecule has 0 aliphatic carbocycles. The van der Waals surface area contributed by atoms with Crippen molar-refractivity contribution >= 4 is 0 Å².